The van der Waals surface area contributed by atoms with Crippen molar-refractivity contribution in [1.82, 2.24) is 10.2 Å². The molecule has 2 rings (SSSR count). The fourth-order valence-electron chi connectivity index (χ4n) is 2.45. The van der Waals surface area contributed by atoms with Crippen LogP contribution in [0, 0.1) is 11.8 Å². The van der Waals surface area contributed by atoms with Gasteiger partial charge in [-0.15, -0.1) is 0 Å². The number of rotatable bonds is 3. The average molecular weight is 182 g/mol. The molecular formula is C10H18N2O. The van der Waals surface area contributed by atoms with Gasteiger partial charge in [0.05, 0.1) is 0 Å². The van der Waals surface area contributed by atoms with Gasteiger partial charge in [-0.1, -0.05) is 0 Å². The van der Waals surface area contributed by atoms with E-state index >= 15 is 0 Å². The van der Waals surface area contributed by atoms with Crippen LogP contribution in [0.5, 0.6) is 0 Å². The number of likely N-dealkylation sites (tertiary alicyclic amines) is 1. The van der Waals surface area contributed by atoms with Crippen LogP contribution in [0.2, 0.25) is 0 Å². The van der Waals surface area contributed by atoms with Crippen molar-refractivity contribution in [2.45, 2.75) is 13.3 Å². The highest BCUT2D eigenvalue weighted by atomic mass is 16.1. The summed E-state index contributed by atoms with van der Waals surface area (Å²) in [5.41, 5.74) is 0. The van der Waals surface area contributed by atoms with E-state index in [-0.39, 0.29) is 0 Å². The van der Waals surface area contributed by atoms with Crippen LogP contribution in [0.25, 0.3) is 0 Å². The maximum absolute atomic E-state index is 10.8. The number of hydrogen-bond donors (Lipinski definition) is 1. The van der Waals surface area contributed by atoms with E-state index < -0.39 is 0 Å². The van der Waals surface area contributed by atoms with E-state index in [0.717, 1.165) is 24.8 Å². The fraction of sp³-hybridized carbons (Fsp3) is 0.900. The first-order chi connectivity index (χ1) is 6.25. The summed E-state index contributed by atoms with van der Waals surface area (Å²) in [4.78, 5) is 13.3. The van der Waals surface area contributed by atoms with Gasteiger partial charge in [-0.3, -0.25) is 4.79 Å². The van der Waals surface area contributed by atoms with Gasteiger partial charge in [0.15, 0.2) is 0 Å². The Labute approximate surface area is 79.5 Å². The smallest absolute Gasteiger partial charge is 0.131 e. The molecule has 2 unspecified atom stereocenters. The summed E-state index contributed by atoms with van der Waals surface area (Å²) in [6.45, 7) is 7.42. The number of nitrogens with zero attached hydrogens (tertiary/aromatic N) is 1. The maximum Gasteiger partial charge on any atom is 0.131 e. The highest BCUT2D eigenvalue weighted by Crippen LogP contribution is 2.25. The third-order valence-electron chi connectivity index (χ3n) is 3.25. The molecule has 0 aromatic carbocycles. The predicted octanol–water partition coefficient (Wildman–Crippen LogP) is 0.117. The van der Waals surface area contributed by atoms with Crippen LogP contribution in [-0.2, 0) is 4.79 Å². The van der Waals surface area contributed by atoms with Crippen molar-refractivity contribution in [3.63, 3.8) is 0 Å². The van der Waals surface area contributed by atoms with E-state index in [1.54, 1.807) is 6.92 Å². The molecule has 74 valence electrons. The summed E-state index contributed by atoms with van der Waals surface area (Å²) in [5.74, 6) is 2.02. The molecule has 2 aliphatic heterocycles. The molecule has 0 saturated carbocycles. The lowest BCUT2D eigenvalue weighted by molar-refractivity contribution is -0.117. The molecule has 0 aliphatic carbocycles. The normalized spacial score (nSPS) is 33.6. The molecule has 13 heavy (non-hydrogen) atoms. The number of Topliss-reactive ketones (excluding diaryl/α,β-unsaturated/α-hetero) is 1. The Kier molecular flexibility index (Phi) is 2.65. The zero-order valence-electron chi connectivity index (χ0n) is 8.25. The van der Waals surface area contributed by atoms with E-state index in [4.69, 9.17) is 0 Å². The SMILES string of the molecule is CC(=O)CCN1CC2CNCC2C1. The fourth-order valence-corrected chi connectivity index (χ4v) is 2.45. The molecule has 2 saturated heterocycles. The third kappa shape index (κ3) is 2.09. The molecule has 0 spiro atoms. The van der Waals surface area contributed by atoms with Crippen molar-refractivity contribution in [3.05, 3.63) is 0 Å². The number of hydrogen-bond acceptors (Lipinski definition) is 3. The highest BCUT2D eigenvalue weighted by Gasteiger charge is 2.35. The highest BCUT2D eigenvalue weighted by molar-refractivity contribution is 5.75. The first kappa shape index (κ1) is 9.16. The second kappa shape index (κ2) is 3.76. The van der Waals surface area contributed by atoms with Crippen LogP contribution in [0.1, 0.15) is 13.3 Å². The maximum atomic E-state index is 10.8. The Morgan fingerprint density at radius 2 is 2.00 bits per heavy atom. The Morgan fingerprint density at radius 3 is 2.54 bits per heavy atom. The Bertz CT molecular complexity index is 193. The Balaban J connectivity index is 1.75. The van der Waals surface area contributed by atoms with Gasteiger partial charge in [0.2, 0.25) is 0 Å². The molecule has 3 heteroatoms. The van der Waals surface area contributed by atoms with Crippen molar-refractivity contribution in [2.75, 3.05) is 32.7 Å². The first-order valence-electron chi connectivity index (χ1n) is 5.18. The van der Waals surface area contributed by atoms with Crippen LogP contribution in [0.3, 0.4) is 0 Å². The molecule has 1 N–H and O–H groups in total. The predicted molar refractivity (Wildman–Crippen MR) is 51.6 cm³/mol. The summed E-state index contributed by atoms with van der Waals surface area (Å²) in [6.07, 6.45) is 0.729. The van der Waals surface area contributed by atoms with Gasteiger partial charge >= 0.3 is 0 Å². The lowest BCUT2D eigenvalue weighted by Gasteiger charge is -2.15. The van der Waals surface area contributed by atoms with Gasteiger partial charge in [-0.2, -0.15) is 0 Å². The summed E-state index contributed by atoms with van der Waals surface area (Å²) >= 11 is 0. The standard InChI is InChI=1S/C10H18N2O/c1-8(13)2-3-12-6-9-4-11-5-10(9)7-12/h9-11H,2-7H2,1H3. The average Bonchev–Trinajstić information content (AvgIpc) is 2.58. The van der Waals surface area contributed by atoms with Crippen LogP contribution in [0.15, 0.2) is 0 Å². The van der Waals surface area contributed by atoms with E-state index in [1.165, 1.54) is 26.2 Å². The van der Waals surface area contributed by atoms with Crippen LogP contribution in [0.4, 0.5) is 0 Å². The van der Waals surface area contributed by atoms with E-state index in [9.17, 15) is 4.79 Å². The van der Waals surface area contributed by atoms with Gasteiger partial charge in [0.1, 0.15) is 5.78 Å². The topological polar surface area (TPSA) is 32.3 Å². The van der Waals surface area contributed by atoms with Gasteiger partial charge in [0, 0.05) is 26.1 Å². The monoisotopic (exact) mass is 182 g/mol. The molecule has 2 heterocycles. The molecule has 0 aromatic rings. The minimum Gasteiger partial charge on any atom is -0.316 e. The van der Waals surface area contributed by atoms with Crippen molar-refractivity contribution in [3.8, 4) is 0 Å². The number of fused-ring (bicyclic) bond motifs is 1. The van der Waals surface area contributed by atoms with E-state index in [2.05, 4.69) is 10.2 Å². The lowest BCUT2D eigenvalue weighted by Crippen LogP contribution is -2.27. The molecule has 2 aliphatic rings. The molecule has 0 amide bonds. The van der Waals surface area contributed by atoms with Crippen LogP contribution in [-0.4, -0.2) is 43.4 Å². The zero-order valence-corrected chi connectivity index (χ0v) is 8.25. The van der Waals surface area contributed by atoms with Crippen molar-refractivity contribution >= 4 is 5.78 Å². The molecule has 0 bridgehead atoms. The number of carbonyl (C=O) groups is 1. The third-order valence-corrected chi connectivity index (χ3v) is 3.25. The summed E-state index contributed by atoms with van der Waals surface area (Å²) in [5, 5.41) is 3.42. The number of nitrogens with one attached hydrogen (secondary N) is 1. The Morgan fingerprint density at radius 1 is 1.38 bits per heavy atom. The number of carbonyl (C=O) groups excluding carboxylic acids is 1. The number of ketones is 1. The van der Waals surface area contributed by atoms with Crippen LogP contribution < -0.4 is 5.32 Å². The van der Waals surface area contributed by atoms with Crippen LogP contribution >= 0.6 is 0 Å². The summed E-state index contributed by atoms with van der Waals surface area (Å²) < 4.78 is 0. The quantitative estimate of drug-likeness (QED) is 0.672. The molecule has 0 aromatic heterocycles. The molecule has 0 radical (unpaired) electrons. The minimum atomic E-state index is 0.315. The summed E-state index contributed by atoms with van der Waals surface area (Å²) in [6, 6.07) is 0. The Hall–Kier alpha value is -0.410. The van der Waals surface area contributed by atoms with E-state index in [1.807, 2.05) is 0 Å². The first-order valence-corrected chi connectivity index (χ1v) is 5.18. The van der Waals surface area contributed by atoms with E-state index in [0.29, 0.717) is 5.78 Å². The van der Waals surface area contributed by atoms with Gasteiger partial charge < -0.3 is 10.2 Å². The van der Waals surface area contributed by atoms with Gasteiger partial charge in [-0.25, -0.2) is 0 Å². The van der Waals surface area contributed by atoms with Gasteiger partial charge in [0.25, 0.3) is 0 Å². The van der Waals surface area contributed by atoms with Crippen molar-refractivity contribution in [2.24, 2.45) is 11.8 Å². The largest absolute Gasteiger partial charge is 0.316 e. The molecule has 2 atom stereocenters. The lowest BCUT2D eigenvalue weighted by atomic mass is 10.0. The summed E-state index contributed by atoms with van der Waals surface area (Å²) in [7, 11) is 0. The molecular weight excluding hydrogens is 164 g/mol. The second-order valence-corrected chi connectivity index (χ2v) is 4.39. The zero-order chi connectivity index (χ0) is 9.26. The van der Waals surface area contributed by atoms with Crippen molar-refractivity contribution in [1.29, 1.82) is 0 Å². The van der Waals surface area contributed by atoms with Crippen molar-refractivity contribution < 1.29 is 4.79 Å². The molecule has 2 fully saturated rings. The van der Waals surface area contributed by atoms with Gasteiger partial charge in [-0.05, 0) is 31.8 Å². The molecule has 3 nitrogen and oxygen atoms in total. The second-order valence-electron chi connectivity index (χ2n) is 4.39. The minimum absolute atomic E-state index is 0.315.